The molecule has 2 fully saturated rings. The number of hydrogen-bond acceptors (Lipinski definition) is 5. The van der Waals surface area contributed by atoms with Gasteiger partial charge >= 0.3 is 0 Å². The lowest BCUT2D eigenvalue weighted by atomic mass is 10.1. The molecule has 2 aromatic rings. The fraction of sp³-hybridized carbons (Fsp3) is 0.526. The Labute approximate surface area is 148 Å². The number of carbonyl (C=O) groups is 1. The van der Waals surface area contributed by atoms with Gasteiger partial charge in [-0.25, -0.2) is 9.97 Å². The molecule has 6 heteroatoms. The minimum atomic E-state index is 0.222. The van der Waals surface area contributed by atoms with E-state index in [-0.39, 0.29) is 5.91 Å². The minimum Gasteiger partial charge on any atom is -0.369 e. The zero-order valence-corrected chi connectivity index (χ0v) is 14.5. The highest BCUT2D eigenvalue weighted by molar-refractivity contribution is 5.81. The Morgan fingerprint density at radius 1 is 1.16 bits per heavy atom. The van der Waals surface area contributed by atoms with Crippen molar-refractivity contribution in [2.75, 3.05) is 37.6 Å². The number of fused-ring (bicyclic) bond motifs is 1. The van der Waals surface area contributed by atoms with Gasteiger partial charge in [-0.2, -0.15) is 0 Å². The van der Waals surface area contributed by atoms with E-state index in [9.17, 15) is 4.79 Å². The Bertz CT molecular complexity index is 741. The molecule has 1 atom stereocenters. The van der Waals surface area contributed by atoms with E-state index in [0.29, 0.717) is 12.5 Å². The number of anilines is 1. The molecule has 3 heterocycles. The van der Waals surface area contributed by atoms with Gasteiger partial charge in [-0.1, -0.05) is 6.42 Å². The second-order valence-corrected chi connectivity index (χ2v) is 7.06. The van der Waals surface area contributed by atoms with E-state index >= 15 is 0 Å². The molecule has 132 valence electrons. The van der Waals surface area contributed by atoms with Gasteiger partial charge in [-0.05, 0) is 31.0 Å². The summed E-state index contributed by atoms with van der Waals surface area (Å²) < 4.78 is 0. The van der Waals surface area contributed by atoms with Gasteiger partial charge in [-0.3, -0.25) is 9.69 Å². The molecule has 25 heavy (non-hydrogen) atoms. The van der Waals surface area contributed by atoms with Crippen molar-refractivity contribution in [3.8, 4) is 0 Å². The van der Waals surface area contributed by atoms with E-state index in [1.165, 1.54) is 5.69 Å². The van der Waals surface area contributed by atoms with E-state index < -0.39 is 0 Å². The van der Waals surface area contributed by atoms with Crippen molar-refractivity contribution in [3.63, 3.8) is 0 Å². The molecule has 1 amide bonds. The first-order chi connectivity index (χ1) is 12.3. The first kappa shape index (κ1) is 16.3. The summed E-state index contributed by atoms with van der Waals surface area (Å²) in [6.45, 7) is 5.08. The van der Waals surface area contributed by atoms with Gasteiger partial charge in [0.2, 0.25) is 5.91 Å². The van der Waals surface area contributed by atoms with E-state index in [0.717, 1.165) is 62.9 Å². The van der Waals surface area contributed by atoms with Crippen molar-refractivity contribution in [3.05, 3.63) is 30.7 Å². The average molecular weight is 339 g/mol. The number of piperazine rings is 1. The number of carbonyl (C=O) groups excluding carboxylic acids is 1. The largest absolute Gasteiger partial charge is 0.369 e. The maximum atomic E-state index is 11.7. The first-order valence-electron chi connectivity index (χ1n) is 9.24. The molecular weight excluding hydrogens is 314 g/mol. The third-order valence-corrected chi connectivity index (χ3v) is 5.28. The Morgan fingerprint density at radius 2 is 2.04 bits per heavy atom. The third kappa shape index (κ3) is 3.90. The fourth-order valence-corrected chi connectivity index (χ4v) is 3.85. The van der Waals surface area contributed by atoms with Crippen molar-refractivity contribution < 1.29 is 4.79 Å². The van der Waals surface area contributed by atoms with Crippen molar-refractivity contribution in [2.24, 2.45) is 0 Å². The lowest BCUT2D eigenvalue weighted by molar-refractivity contribution is -0.121. The number of hydrogen-bond donors (Lipinski definition) is 1. The minimum absolute atomic E-state index is 0.222. The summed E-state index contributed by atoms with van der Waals surface area (Å²) in [5.41, 5.74) is 2.23. The second kappa shape index (κ2) is 7.35. The molecule has 1 unspecified atom stereocenters. The molecule has 6 nitrogen and oxygen atoms in total. The summed E-state index contributed by atoms with van der Waals surface area (Å²) in [7, 11) is 0. The lowest BCUT2D eigenvalue weighted by Gasteiger charge is -2.37. The van der Waals surface area contributed by atoms with Crippen molar-refractivity contribution >= 4 is 22.5 Å². The number of aromatic nitrogens is 2. The normalized spacial score (nSPS) is 22.6. The molecule has 2 aliphatic heterocycles. The molecule has 2 saturated heterocycles. The highest BCUT2D eigenvalue weighted by atomic mass is 16.1. The van der Waals surface area contributed by atoms with Crippen LogP contribution in [-0.4, -0.2) is 59.5 Å². The van der Waals surface area contributed by atoms with Crippen LogP contribution >= 0.6 is 0 Å². The summed E-state index contributed by atoms with van der Waals surface area (Å²) in [4.78, 5) is 25.0. The molecule has 1 aromatic heterocycles. The molecule has 1 aromatic carbocycles. The summed E-state index contributed by atoms with van der Waals surface area (Å²) in [5.74, 6) is 0.222. The molecular formula is C19H25N5O. The van der Waals surface area contributed by atoms with Crippen LogP contribution < -0.4 is 10.2 Å². The van der Waals surface area contributed by atoms with Crippen LogP contribution in [-0.2, 0) is 4.79 Å². The van der Waals surface area contributed by atoms with Crippen LogP contribution in [0.1, 0.15) is 25.7 Å². The summed E-state index contributed by atoms with van der Waals surface area (Å²) >= 11 is 0. The molecule has 1 N–H and O–H groups in total. The van der Waals surface area contributed by atoms with Gasteiger partial charge in [0.25, 0.3) is 0 Å². The van der Waals surface area contributed by atoms with E-state index in [2.05, 4.69) is 43.3 Å². The zero-order valence-electron chi connectivity index (χ0n) is 14.5. The third-order valence-electron chi connectivity index (χ3n) is 5.28. The lowest BCUT2D eigenvalue weighted by Crippen LogP contribution is -2.51. The SMILES string of the molecule is O=C1CCCCC(CN2CCN(c3ccc4ncncc4c3)CC2)N1. The number of benzene rings is 1. The van der Waals surface area contributed by atoms with Gasteiger partial charge < -0.3 is 10.2 Å². The predicted octanol–water partition coefficient (Wildman–Crippen LogP) is 1.81. The van der Waals surface area contributed by atoms with Crippen molar-refractivity contribution in [2.45, 2.75) is 31.7 Å². The number of nitrogens with one attached hydrogen (secondary N) is 1. The Hall–Kier alpha value is -2.21. The summed E-state index contributed by atoms with van der Waals surface area (Å²) in [6.07, 6.45) is 7.45. The highest BCUT2D eigenvalue weighted by Gasteiger charge is 2.22. The van der Waals surface area contributed by atoms with Crippen molar-refractivity contribution in [1.82, 2.24) is 20.2 Å². The van der Waals surface area contributed by atoms with Crippen LogP contribution in [0.15, 0.2) is 30.7 Å². The quantitative estimate of drug-likeness (QED) is 0.924. The Morgan fingerprint density at radius 3 is 2.92 bits per heavy atom. The number of amides is 1. The van der Waals surface area contributed by atoms with Gasteiger partial charge in [0.1, 0.15) is 6.33 Å². The topological polar surface area (TPSA) is 61.4 Å². The van der Waals surface area contributed by atoms with Crippen LogP contribution in [0.3, 0.4) is 0 Å². The molecule has 0 aliphatic carbocycles. The number of rotatable bonds is 3. The zero-order chi connectivity index (χ0) is 17.1. The maximum absolute atomic E-state index is 11.7. The highest BCUT2D eigenvalue weighted by Crippen LogP contribution is 2.22. The fourth-order valence-electron chi connectivity index (χ4n) is 3.85. The maximum Gasteiger partial charge on any atom is 0.220 e. The van der Waals surface area contributed by atoms with Crippen LogP contribution in [0.25, 0.3) is 10.9 Å². The van der Waals surface area contributed by atoms with Crippen LogP contribution in [0.5, 0.6) is 0 Å². The van der Waals surface area contributed by atoms with Crippen LogP contribution in [0.4, 0.5) is 5.69 Å². The Kier molecular flexibility index (Phi) is 4.78. The molecule has 0 radical (unpaired) electrons. The van der Waals surface area contributed by atoms with Crippen LogP contribution in [0, 0.1) is 0 Å². The smallest absolute Gasteiger partial charge is 0.220 e. The standard InChI is InChI=1S/C19H25N5O/c25-19-4-2-1-3-16(22-19)13-23-7-9-24(10-8-23)17-5-6-18-15(11-17)12-20-14-21-18/h5-6,11-12,14,16H,1-4,7-10,13H2,(H,22,25). The number of nitrogens with zero attached hydrogens (tertiary/aromatic N) is 4. The van der Waals surface area contributed by atoms with Gasteiger partial charge in [-0.15, -0.1) is 0 Å². The van der Waals surface area contributed by atoms with Crippen LogP contribution in [0.2, 0.25) is 0 Å². The first-order valence-corrected chi connectivity index (χ1v) is 9.24. The van der Waals surface area contributed by atoms with Gasteiger partial charge in [0.05, 0.1) is 5.52 Å². The molecule has 0 saturated carbocycles. The van der Waals surface area contributed by atoms with E-state index in [1.54, 1.807) is 6.33 Å². The monoisotopic (exact) mass is 339 g/mol. The predicted molar refractivity (Wildman–Crippen MR) is 98.6 cm³/mol. The summed E-state index contributed by atoms with van der Waals surface area (Å²) in [5, 5.41) is 4.27. The molecule has 2 aliphatic rings. The second-order valence-electron chi connectivity index (χ2n) is 7.06. The van der Waals surface area contributed by atoms with Gasteiger partial charge in [0.15, 0.2) is 0 Å². The average Bonchev–Trinajstić information content (AvgIpc) is 2.86. The molecule has 4 rings (SSSR count). The van der Waals surface area contributed by atoms with Gasteiger partial charge in [0, 0.05) is 62.5 Å². The Balaban J connectivity index is 1.35. The van der Waals surface area contributed by atoms with E-state index in [1.807, 2.05) is 6.20 Å². The van der Waals surface area contributed by atoms with Crippen molar-refractivity contribution in [1.29, 1.82) is 0 Å². The molecule has 0 spiro atoms. The summed E-state index contributed by atoms with van der Waals surface area (Å²) in [6, 6.07) is 6.71. The molecule has 0 bridgehead atoms. The van der Waals surface area contributed by atoms with E-state index in [4.69, 9.17) is 0 Å².